The molecular weight excluding hydrogens is 392 g/mol. The molecule has 0 radical (unpaired) electrons. The number of carbonyl (C=O) groups is 1. The van der Waals surface area contributed by atoms with Crippen LogP contribution in [0.5, 0.6) is 11.5 Å². The van der Waals surface area contributed by atoms with Crippen LogP contribution >= 0.6 is 0 Å². The Balaban J connectivity index is 1.99. The second-order valence-corrected chi connectivity index (χ2v) is 8.76. The number of amides is 1. The number of hydrogen-bond donors (Lipinski definition) is 1. The molecule has 0 spiro atoms. The number of benzene rings is 2. The molecule has 1 amide bonds. The zero-order valence-corrected chi connectivity index (χ0v) is 18.2. The van der Waals surface area contributed by atoms with Crippen molar-refractivity contribution in [2.75, 3.05) is 30.8 Å². The van der Waals surface area contributed by atoms with Gasteiger partial charge in [-0.2, -0.15) is 0 Å². The molecule has 0 aliphatic carbocycles. The molecule has 0 aliphatic heterocycles. The SMILES string of the molecule is COc1ccc(N([C@H](C)C(=O)NCCOc2cc(C)cc(C)c2)S(C)(=O)=O)cc1. The predicted octanol–water partition coefficient (Wildman–Crippen LogP) is 2.66. The summed E-state index contributed by atoms with van der Waals surface area (Å²) in [6, 6.07) is 11.5. The maximum Gasteiger partial charge on any atom is 0.243 e. The van der Waals surface area contributed by atoms with E-state index in [1.807, 2.05) is 26.0 Å². The number of sulfonamides is 1. The molecule has 8 heteroatoms. The minimum absolute atomic E-state index is 0.260. The van der Waals surface area contributed by atoms with Gasteiger partial charge in [-0.1, -0.05) is 6.07 Å². The number of ether oxygens (including phenoxy) is 2. The molecular formula is C21H28N2O5S. The first-order valence-electron chi connectivity index (χ1n) is 9.24. The summed E-state index contributed by atoms with van der Waals surface area (Å²) in [6.07, 6.45) is 1.07. The summed E-state index contributed by atoms with van der Waals surface area (Å²) in [5.74, 6) is 0.930. The van der Waals surface area contributed by atoms with Crippen LogP contribution in [0.25, 0.3) is 0 Å². The van der Waals surface area contributed by atoms with Crippen LogP contribution in [0.15, 0.2) is 42.5 Å². The second-order valence-electron chi connectivity index (χ2n) is 6.90. The highest BCUT2D eigenvalue weighted by Gasteiger charge is 2.28. The lowest BCUT2D eigenvalue weighted by Gasteiger charge is -2.28. The zero-order chi connectivity index (χ0) is 21.6. The maximum absolute atomic E-state index is 12.5. The molecule has 0 saturated carbocycles. The van der Waals surface area contributed by atoms with Gasteiger partial charge in [0.2, 0.25) is 15.9 Å². The largest absolute Gasteiger partial charge is 0.497 e. The van der Waals surface area contributed by atoms with Crippen molar-refractivity contribution in [3.05, 3.63) is 53.6 Å². The summed E-state index contributed by atoms with van der Waals surface area (Å²) < 4.78 is 36.5. The fraction of sp³-hybridized carbons (Fsp3) is 0.381. The minimum Gasteiger partial charge on any atom is -0.497 e. The van der Waals surface area contributed by atoms with Gasteiger partial charge in [0.15, 0.2) is 0 Å². The average Bonchev–Trinajstić information content (AvgIpc) is 2.64. The molecule has 0 unspecified atom stereocenters. The monoisotopic (exact) mass is 420 g/mol. The van der Waals surface area contributed by atoms with E-state index in [4.69, 9.17) is 9.47 Å². The Morgan fingerprint density at radius 1 is 1.07 bits per heavy atom. The van der Waals surface area contributed by atoms with Crippen LogP contribution in [0.3, 0.4) is 0 Å². The lowest BCUT2D eigenvalue weighted by Crippen LogP contribution is -2.48. The van der Waals surface area contributed by atoms with Gasteiger partial charge in [0.1, 0.15) is 24.1 Å². The topological polar surface area (TPSA) is 84.9 Å². The number of rotatable bonds is 9. The van der Waals surface area contributed by atoms with Gasteiger partial charge in [-0.3, -0.25) is 9.10 Å². The zero-order valence-electron chi connectivity index (χ0n) is 17.4. The number of nitrogens with one attached hydrogen (secondary N) is 1. The van der Waals surface area contributed by atoms with E-state index in [0.29, 0.717) is 11.4 Å². The molecule has 0 heterocycles. The Morgan fingerprint density at radius 2 is 1.66 bits per heavy atom. The van der Waals surface area contributed by atoms with Gasteiger partial charge >= 0.3 is 0 Å². The Bertz CT molecular complexity index is 922. The van der Waals surface area contributed by atoms with Gasteiger partial charge < -0.3 is 14.8 Å². The number of anilines is 1. The number of hydrogen-bond acceptors (Lipinski definition) is 5. The highest BCUT2D eigenvalue weighted by molar-refractivity contribution is 7.92. The van der Waals surface area contributed by atoms with Gasteiger partial charge in [-0.05, 0) is 68.3 Å². The number of nitrogens with zero attached hydrogens (tertiary/aromatic N) is 1. The summed E-state index contributed by atoms with van der Waals surface area (Å²) >= 11 is 0. The van der Waals surface area contributed by atoms with E-state index < -0.39 is 22.0 Å². The molecule has 0 fully saturated rings. The molecule has 1 N–H and O–H groups in total. The van der Waals surface area contributed by atoms with Gasteiger partial charge in [0.25, 0.3) is 0 Å². The lowest BCUT2D eigenvalue weighted by atomic mass is 10.1. The second kappa shape index (κ2) is 9.65. The molecule has 0 bridgehead atoms. The van der Waals surface area contributed by atoms with Crippen LogP contribution in [0, 0.1) is 13.8 Å². The first kappa shape index (κ1) is 22.5. The molecule has 0 aromatic heterocycles. The van der Waals surface area contributed by atoms with Crippen molar-refractivity contribution in [1.82, 2.24) is 5.32 Å². The number of carbonyl (C=O) groups excluding carboxylic acids is 1. The van der Waals surface area contributed by atoms with Crippen molar-refractivity contribution < 1.29 is 22.7 Å². The molecule has 0 aliphatic rings. The summed E-state index contributed by atoms with van der Waals surface area (Å²) in [6.45, 7) is 6.06. The van der Waals surface area contributed by atoms with E-state index in [9.17, 15) is 13.2 Å². The van der Waals surface area contributed by atoms with Crippen molar-refractivity contribution in [2.24, 2.45) is 0 Å². The Kier molecular flexibility index (Phi) is 7.50. The van der Waals surface area contributed by atoms with Crippen LogP contribution < -0.4 is 19.1 Å². The van der Waals surface area contributed by atoms with Crippen LogP contribution in [-0.2, 0) is 14.8 Å². The molecule has 29 heavy (non-hydrogen) atoms. The standard InChI is InChI=1S/C21H28N2O5S/c1-15-12-16(2)14-20(13-15)28-11-10-22-21(24)17(3)23(29(5,25)26)18-6-8-19(27-4)9-7-18/h6-9,12-14,17H,10-11H2,1-5H3,(H,22,24)/t17-/m1/s1. The highest BCUT2D eigenvalue weighted by atomic mass is 32.2. The van der Waals surface area contributed by atoms with Crippen LogP contribution in [0.2, 0.25) is 0 Å². The Hall–Kier alpha value is -2.74. The molecule has 7 nitrogen and oxygen atoms in total. The number of methoxy groups -OCH3 is 1. The Labute approximate surface area is 172 Å². The van der Waals surface area contributed by atoms with E-state index in [-0.39, 0.29) is 13.2 Å². The summed E-state index contributed by atoms with van der Waals surface area (Å²) in [5, 5.41) is 2.73. The molecule has 2 aromatic carbocycles. The highest BCUT2D eigenvalue weighted by Crippen LogP contribution is 2.23. The molecule has 2 rings (SSSR count). The Morgan fingerprint density at radius 3 is 2.17 bits per heavy atom. The van der Waals surface area contributed by atoms with Crippen molar-refractivity contribution >= 4 is 21.6 Å². The van der Waals surface area contributed by atoms with Crippen molar-refractivity contribution in [3.63, 3.8) is 0 Å². The van der Waals surface area contributed by atoms with Crippen LogP contribution in [-0.4, -0.2) is 46.9 Å². The van der Waals surface area contributed by atoms with Gasteiger partial charge in [-0.15, -0.1) is 0 Å². The third-order valence-corrected chi connectivity index (χ3v) is 5.52. The quantitative estimate of drug-likeness (QED) is 0.631. The first-order valence-corrected chi connectivity index (χ1v) is 11.1. The van der Waals surface area contributed by atoms with E-state index >= 15 is 0 Å². The molecule has 158 valence electrons. The molecule has 0 saturated heterocycles. The molecule has 2 aromatic rings. The van der Waals surface area contributed by atoms with Crippen LogP contribution in [0.1, 0.15) is 18.1 Å². The lowest BCUT2D eigenvalue weighted by molar-refractivity contribution is -0.121. The molecule has 1 atom stereocenters. The van der Waals surface area contributed by atoms with Crippen molar-refractivity contribution in [1.29, 1.82) is 0 Å². The minimum atomic E-state index is -3.66. The van der Waals surface area contributed by atoms with E-state index in [0.717, 1.165) is 27.4 Å². The summed E-state index contributed by atoms with van der Waals surface area (Å²) in [4.78, 5) is 12.5. The third-order valence-electron chi connectivity index (χ3n) is 4.28. The average molecular weight is 421 g/mol. The first-order chi connectivity index (χ1) is 13.6. The van der Waals surface area contributed by atoms with Crippen LogP contribution in [0.4, 0.5) is 5.69 Å². The summed E-state index contributed by atoms with van der Waals surface area (Å²) in [5.41, 5.74) is 2.59. The fourth-order valence-electron chi connectivity index (χ4n) is 3.04. The van der Waals surface area contributed by atoms with E-state index in [1.165, 1.54) is 7.11 Å². The third kappa shape index (κ3) is 6.39. The predicted molar refractivity (Wildman–Crippen MR) is 114 cm³/mol. The normalized spacial score (nSPS) is 12.2. The fourth-order valence-corrected chi connectivity index (χ4v) is 4.22. The van der Waals surface area contributed by atoms with Crippen molar-refractivity contribution in [2.45, 2.75) is 26.8 Å². The summed E-state index contributed by atoms with van der Waals surface area (Å²) in [7, 11) is -2.14. The number of aryl methyl sites for hydroxylation is 2. The van der Waals surface area contributed by atoms with E-state index in [1.54, 1.807) is 31.2 Å². The smallest absolute Gasteiger partial charge is 0.243 e. The van der Waals surface area contributed by atoms with Gasteiger partial charge in [0.05, 0.1) is 25.6 Å². The van der Waals surface area contributed by atoms with E-state index in [2.05, 4.69) is 11.4 Å². The van der Waals surface area contributed by atoms with Crippen molar-refractivity contribution in [3.8, 4) is 11.5 Å². The van der Waals surface area contributed by atoms with Gasteiger partial charge in [0, 0.05) is 0 Å². The maximum atomic E-state index is 12.5. The van der Waals surface area contributed by atoms with Gasteiger partial charge in [-0.25, -0.2) is 8.42 Å².